The van der Waals surface area contributed by atoms with Crippen molar-refractivity contribution in [1.29, 1.82) is 0 Å². The molecule has 0 spiro atoms. The van der Waals surface area contributed by atoms with Crippen molar-refractivity contribution in [3.8, 4) is 0 Å². The van der Waals surface area contributed by atoms with Crippen LogP contribution in [-0.2, 0) is 11.3 Å². The summed E-state index contributed by atoms with van der Waals surface area (Å²) in [6.07, 6.45) is 6.48. The molecule has 1 saturated heterocycles. The number of hydrogen-bond acceptors (Lipinski definition) is 5. The zero-order valence-corrected chi connectivity index (χ0v) is 20.2. The Morgan fingerprint density at radius 2 is 2.03 bits per heavy atom. The van der Waals surface area contributed by atoms with Crippen LogP contribution in [0.5, 0.6) is 0 Å². The molecule has 2 atom stereocenters. The summed E-state index contributed by atoms with van der Waals surface area (Å²) < 4.78 is 6.79. The molecule has 1 amide bonds. The first kappa shape index (κ1) is 22.5. The first-order valence-electron chi connectivity index (χ1n) is 11.9. The van der Waals surface area contributed by atoms with E-state index in [4.69, 9.17) is 0 Å². The zero-order valence-electron chi connectivity index (χ0n) is 19.4. The van der Waals surface area contributed by atoms with E-state index in [0.717, 1.165) is 36.1 Å². The highest BCUT2D eigenvalue weighted by Crippen LogP contribution is 2.38. The molecule has 1 N–H and O–H groups in total. The molecule has 8 heteroatoms. The van der Waals surface area contributed by atoms with Gasteiger partial charge in [0, 0.05) is 36.1 Å². The summed E-state index contributed by atoms with van der Waals surface area (Å²) in [7, 11) is 0. The van der Waals surface area contributed by atoms with Gasteiger partial charge in [0.1, 0.15) is 0 Å². The highest BCUT2D eigenvalue weighted by molar-refractivity contribution is 7.97. The van der Waals surface area contributed by atoms with E-state index in [1.807, 2.05) is 29.7 Å². The van der Waals surface area contributed by atoms with Gasteiger partial charge in [-0.15, -0.1) is 0 Å². The largest absolute Gasteiger partial charge is 0.339 e. The van der Waals surface area contributed by atoms with Gasteiger partial charge < -0.3 is 4.90 Å². The molecule has 3 aliphatic rings. The van der Waals surface area contributed by atoms with Crippen LogP contribution in [0, 0.1) is 11.8 Å². The number of hydrogen-bond donors (Lipinski definition) is 1. The molecule has 176 valence electrons. The lowest BCUT2D eigenvalue weighted by Crippen LogP contribution is -2.50. The lowest BCUT2D eigenvalue weighted by Gasteiger charge is -2.37. The minimum absolute atomic E-state index is 0.00563. The van der Waals surface area contributed by atoms with Crippen LogP contribution >= 0.6 is 11.9 Å². The first-order chi connectivity index (χ1) is 15.8. The molecule has 7 nitrogen and oxygen atoms in total. The zero-order chi connectivity index (χ0) is 23.3. The van der Waals surface area contributed by atoms with E-state index in [0.29, 0.717) is 37.4 Å². The predicted molar refractivity (Wildman–Crippen MR) is 131 cm³/mol. The van der Waals surface area contributed by atoms with Gasteiger partial charge in [-0.1, -0.05) is 13.5 Å². The fourth-order valence-corrected chi connectivity index (χ4v) is 5.66. The van der Waals surface area contributed by atoms with Crippen LogP contribution in [0.4, 0.5) is 0 Å². The smallest absolute Gasteiger partial charge is 0.331 e. The van der Waals surface area contributed by atoms with E-state index >= 15 is 0 Å². The number of fused-ring (bicyclic) bond motifs is 1. The van der Waals surface area contributed by atoms with Crippen molar-refractivity contribution < 1.29 is 4.79 Å². The average Bonchev–Trinajstić information content (AvgIpc) is 3.74. The molecule has 5 rings (SSSR count). The Morgan fingerprint density at radius 3 is 2.67 bits per heavy atom. The number of likely N-dealkylation sites (tertiary alicyclic amines) is 1. The topological polar surface area (TPSA) is 76.3 Å². The first-order valence-corrected chi connectivity index (χ1v) is 12.8. The Balaban J connectivity index is 1.55. The number of nitrogens with one attached hydrogen (secondary N) is 1. The summed E-state index contributed by atoms with van der Waals surface area (Å²) in [5, 5.41) is 0.597. The summed E-state index contributed by atoms with van der Waals surface area (Å²) >= 11 is 1.56. The highest BCUT2D eigenvalue weighted by atomic mass is 32.2. The van der Waals surface area contributed by atoms with Crippen molar-refractivity contribution in [2.45, 2.75) is 69.0 Å². The molecule has 1 aromatic carbocycles. The van der Waals surface area contributed by atoms with E-state index in [1.54, 1.807) is 16.8 Å². The van der Waals surface area contributed by atoms with Crippen molar-refractivity contribution in [1.82, 2.24) is 18.8 Å². The van der Waals surface area contributed by atoms with E-state index < -0.39 is 0 Å². The molecule has 0 radical (unpaired) electrons. The Labute approximate surface area is 198 Å². The van der Waals surface area contributed by atoms with Gasteiger partial charge in [-0.3, -0.25) is 23.4 Å². The summed E-state index contributed by atoms with van der Waals surface area (Å²) in [4.78, 5) is 42.2. The van der Waals surface area contributed by atoms with Crippen LogP contribution < -0.4 is 16.0 Å². The molecule has 2 aromatic rings. The molecule has 1 aromatic heterocycles. The number of carbonyl (C=O) groups is 1. The molecule has 33 heavy (non-hydrogen) atoms. The third-order valence-electron chi connectivity index (χ3n) is 7.38. The van der Waals surface area contributed by atoms with Crippen LogP contribution in [0.1, 0.15) is 52.0 Å². The quantitative estimate of drug-likeness (QED) is 0.498. The van der Waals surface area contributed by atoms with Crippen LogP contribution in [0.2, 0.25) is 0 Å². The van der Waals surface area contributed by atoms with E-state index in [-0.39, 0.29) is 34.7 Å². The van der Waals surface area contributed by atoms with Crippen molar-refractivity contribution in [2.24, 2.45) is 11.8 Å². The molecule has 2 aliphatic carbocycles. The average molecular weight is 469 g/mol. The highest BCUT2D eigenvalue weighted by Gasteiger charge is 2.37. The molecular formula is C25H32N4O3S. The van der Waals surface area contributed by atoms with Gasteiger partial charge in [-0.2, -0.15) is 0 Å². The van der Waals surface area contributed by atoms with Crippen LogP contribution in [0.3, 0.4) is 0 Å². The van der Waals surface area contributed by atoms with Gasteiger partial charge in [0.2, 0.25) is 5.91 Å². The van der Waals surface area contributed by atoms with Crippen LogP contribution in [0.25, 0.3) is 10.9 Å². The number of nitrogens with zero attached hydrogens (tertiary/aromatic N) is 3. The molecule has 3 fully saturated rings. The van der Waals surface area contributed by atoms with Crippen LogP contribution in [0.15, 0.2) is 45.3 Å². The Morgan fingerprint density at radius 1 is 1.27 bits per heavy atom. The Hall–Kier alpha value is -2.32. The number of rotatable bonds is 7. The minimum Gasteiger partial charge on any atom is -0.339 e. The summed E-state index contributed by atoms with van der Waals surface area (Å²) in [6.45, 7) is 9.48. The molecule has 1 aliphatic heterocycles. The maximum Gasteiger partial charge on any atom is 0.331 e. The van der Waals surface area contributed by atoms with Gasteiger partial charge in [0.25, 0.3) is 5.56 Å². The van der Waals surface area contributed by atoms with E-state index in [2.05, 4.69) is 18.2 Å². The number of benzene rings is 1. The van der Waals surface area contributed by atoms with Crippen LogP contribution in [-0.4, -0.2) is 38.6 Å². The normalized spacial score (nSPS) is 24.1. The molecule has 2 heterocycles. The Bertz CT molecular complexity index is 1220. The third-order valence-corrected chi connectivity index (χ3v) is 8.46. The maximum absolute atomic E-state index is 13.7. The van der Waals surface area contributed by atoms with Gasteiger partial charge >= 0.3 is 5.69 Å². The summed E-state index contributed by atoms with van der Waals surface area (Å²) in [5.41, 5.74) is 0.463. The lowest BCUT2D eigenvalue weighted by atomic mass is 9.93. The molecule has 2 saturated carbocycles. The number of piperidine rings is 1. The molecular weight excluding hydrogens is 436 g/mol. The van der Waals surface area contributed by atoms with Crippen molar-refractivity contribution in [2.75, 3.05) is 13.1 Å². The van der Waals surface area contributed by atoms with Crippen molar-refractivity contribution >= 4 is 28.8 Å². The fourth-order valence-electron chi connectivity index (χ4n) is 4.78. The van der Waals surface area contributed by atoms with Gasteiger partial charge in [-0.25, -0.2) is 4.79 Å². The monoisotopic (exact) mass is 468 g/mol. The van der Waals surface area contributed by atoms with Crippen molar-refractivity contribution in [3.63, 3.8) is 0 Å². The Kier molecular flexibility index (Phi) is 5.77. The maximum atomic E-state index is 13.7. The minimum atomic E-state index is -0.228. The summed E-state index contributed by atoms with van der Waals surface area (Å²) in [5.74, 6) is 0.400. The third kappa shape index (κ3) is 4.43. The standard InChI is InChI=1S/C25H32N4O3S/c1-4-22(30)27-12-9-20(16(2)14-27)29-23(31)19-13-18(33-26-25(3)10-11-25)7-8-21(19)28(24(29)32)15-17-5-6-17/h4,7-8,13,16-17,20,26H,1,5-6,9-12,14-15H2,2-3H3. The predicted octanol–water partition coefficient (Wildman–Crippen LogP) is 3.32. The second-order valence-corrected chi connectivity index (χ2v) is 11.2. The number of carbonyl (C=O) groups excluding carboxylic acids is 1. The lowest BCUT2D eigenvalue weighted by molar-refractivity contribution is -0.128. The van der Waals surface area contributed by atoms with E-state index in [9.17, 15) is 14.4 Å². The number of amides is 1. The van der Waals surface area contributed by atoms with Crippen molar-refractivity contribution in [3.05, 3.63) is 51.7 Å². The van der Waals surface area contributed by atoms with Gasteiger partial charge in [-0.05, 0) is 87.1 Å². The second kappa shape index (κ2) is 8.47. The van der Waals surface area contributed by atoms with E-state index in [1.165, 1.54) is 10.6 Å². The SMILES string of the molecule is C=CC(=O)N1CCC(n2c(=O)c3cc(SNC4(C)CC4)ccc3n(CC3CC3)c2=O)C(C)C1. The molecule has 2 unspecified atom stereocenters. The fraction of sp³-hybridized carbons (Fsp3) is 0.560. The summed E-state index contributed by atoms with van der Waals surface area (Å²) in [6, 6.07) is 5.63. The molecule has 0 bridgehead atoms. The number of aromatic nitrogens is 2. The van der Waals surface area contributed by atoms with Gasteiger partial charge in [0.15, 0.2) is 0 Å². The van der Waals surface area contributed by atoms with Gasteiger partial charge in [0.05, 0.1) is 10.9 Å². The second-order valence-electron chi connectivity index (χ2n) is 10.3.